The molecule has 78 valence electrons. The van der Waals surface area contributed by atoms with Crippen LogP contribution in [0.1, 0.15) is 35.7 Å². The average molecular weight is 219 g/mol. The number of rotatable bonds is 2. The van der Waals surface area contributed by atoms with Crippen LogP contribution in [0.3, 0.4) is 0 Å². The van der Waals surface area contributed by atoms with Crippen molar-refractivity contribution in [3.8, 4) is 0 Å². The molecule has 0 radical (unpaired) electrons. The molecular formula is C12H13NOS. The van der Waals surface area contributed by atoms with Gasteiger partial charge in [0.15, 0.2) is 5.78 Å². The molecule has 0 saturated carbocycles. The number of benzene rings is 1. The smallest absolute Gasteiger partial charge is 0.162 e. The van der Waals surface area contributed by atoms with Gasteiger partial charge in [-0.3, -0.25) is 4.79 Å². The first-order chi connectivity index (χ1) is 7.20. The summed E-state index contributed by atoms with van der Waals surface area (Å²) < 4.78 is 0. The Morgan fingerprint density at radius 1 is 1.47 bits per heavy atom. The van der Waals surface area contributed by atoms with E-state index in [-0.39, 0.29) is 5.78 Å². The lowest BCUT2D eigenvalue weighted by atomic mass is 9.98. The summed E-state index contributed by atoms with van der Waals surface area (Å²) in [5.74, 6) is 0.200. The van der Waals surface area contributed by atoms with E-state index in [1.807, 2.05) is 25.1 Å². The van der Waals surface area contributed by atoms with E-state index in [1.54, 1.807) is 0 Å². The predicted molar refractivity (Wildman–Crippen MR) is 65.6 cm³/mol. The fourth-order valence-electron chi connectivity index (χ4n) is 1.76. The minimum absolute atomic E-state index is 0.200. The summed E-state index contributed by atoms with van der Waals surface area (Å²) in [5, 5.41) is 3.16. The summed E-state index contributed by atoms with van der Waals surface area (Å²) in [6, 6.07) is 5.80. The quantitative estimate of drug-likeness (QED) is 0.612. The van der Waals surface area contributed by atoms with Gasteiger partial charge in [-0.1, -0.05) is 19.1 Å². The SMILES string of the molecule is CCC(=O)c1ccc2c(c1)CCC(=S)N2. The maximum absolute atomic E-state index is 11.5. The number of aryl methyl sites for hydroxylation is 1. The largest absolute Gasteiger partial charge is 0.350 e. The van der Waals surface area contributed by atoms with E-state index in [0.717, 1.165) is 29.1 Å². The van der Waals surface area contributed by atoms with Gasteiger partial charge in [0.05, 0.1) is 4.99 Å². The van der Waals surface area contributed by atoms with Crippen LogP contribution in [0.5, 0.6) is 0 Å². The Balaban J connectivity index is 2.34. The van der Waals surface area contributed by atoms with Crippen molar-refractivity contribution < 1.29 is 4.79 Å². The van der Waals surface area contributed by atoms with Crippen LogP contribution in [0, 0.1) is 0 Å². The Morgan fingerprint density at radius 2 is 2.27 bits per heavy atom. The van der Waals surface area contributed by atoms with Crippen molar-refractivity contribution in [3.05, 3.63) is 29.3 Å². The van der Waals surface area contributed by atoms with E-state index >= 15 is 0 Å². The van der Waals surface area contributed by atoms with E-state index in [1.165, 1.54) is 5.56 Å². The molecule has 1 aromatic carbocycles. The maximum Gasteiger partial charge on any atom is 0.162 e. The van der Waals surface area contributed by atoms with Gasteiger partial charge in [0.1, 0.15) is 0 Å². The van der Waals surface area contributed by atoms with Gasteiger partial charge >= 0.3 is 0 Å². The molecule has 0 aromatic heterocycles. The van der Waals surface area contributed by atoms with Gasteiger partial charge in [-0.15, -0.1) is 0 Å². The lowest BCUT2D eigenvalue weighted by Crippen LogP contribution is -2.17. The number of carbonyl (C=O) groups is 1. The van der Waals surface area contributed by atoms with Gasteiger partial charge in [-0.05, 0) is 30.2 Å². The Kier molecular flexibility index (Phi) is 2.82. The van der Waals surface area contributed by atoms with Crippen LogP contribution < -0.4 is 5.32 Å². The molecule has 1 aliphatic heterocycles. The monoisotopic (exact) mass is 219 g/mol. The van der Waals surface area contributed by atoms with E-state index in [9.17, 15) is 4.79 Å². The topological polar surface area (TPSA) is 29.1 Å². The Labute approximate surface area is 94.7 Å². The van der Waals surface area contributed by atoms with Crippen LogP contribution >= 0.6 is 12.2 Å². The molecule has 1 aliphatic rings. The van der Waals surface area contributed by atoms with E-state index < -0.39 is 0 Å². The zero-order chi connectivity index (χ0) is 10.8. The number of thiocarbonyl (C=S) groups is 1. The van der Waals surface area contributed by atoms with E-state index in [2.05, 4.69) is 5.32 Å². The molecule has 0 aliphatic carbocycles. The molecule has 2 nitrogen and oxygen atoms in total. The summed E-state index contributed by atoms with van der Waals surface area (Å²) in [5.41, 5.74) is 3.06. The number of carbonyl (C=O) groups excluding carboxylic acids is 1. The Bertz CT molecular complexity index is 426. The predicted octanol–water partition coefficient (Wildman–Crippen LogP) is 2.96. The maximum atomic E-state index is 11.5. The molecule has 0 atom stereocenters. The molecule has 2 rings (SSSR count). The molecule has 1 heterocycles. The zero-order valence-corrected chi connectivity index (χ0v) is 9.49. The van der Waals surface area contributed by atoms with E-state index in [4.69, 9.17) is 12.2 Å². The highest BCUT2D eigenvalue weighted by Crippen LogP contribution is 2.24. The number of nitrogens with one attached hydrogen (secondary N) is 1. The standard InChI is InChI=1S/C12H13NOS/c1-2-11(14)9-3-5-10-8(7-9)4-6-12(15)13-10/h3,5,7H,2,4,6H2,1H3,(H,13,15). The van der Waals surface area contributed by atoms with Crippen molar-refractivity contribution in [2.75, 3.05) is 5.32 Å². The first-order valence-corrected chi connectivity index (χ1v) is 5.57. The third kappa shape index (κ3) is 2.07. The van der Waals surface area contributed by atoms with Gasteiger partial charge in [0.2, 0.25) is 0 Å². The average Bonchev–Trinajstić information content (AvgIpc) is 2.27. The Morgan fingerprint density at radius 3 is 3.00 bits per heavy atom. The normalized spacial score (nSPS) is 14.3. The van der Waals surface area contributed by atoms with Crippen molar-refractivity contribution >= 4 is 28.7 Å². The summed E-state index contributed by atoms with van der Waals surface area (Å²) in [6.45, 7) is 1.88. The van der Waals surface area contributed by atoms with Crippen LogP contribution in [0.2, 0.25) is 0 Å². The van der Waals surface area contributed by atoms with Crippen LogP contribution in [-0.4, -0.2) is 10.8 Å². The van der Waals surface area contributed by atoms with E-state index in [0.29, 0.717) is 6.42 Å². The lowest BCUT2D eigenvalue weighted by Gasteiger charge is -2.19. The molecule has 15 heavy (non-hydrogen) atoms. The van der Waals surface area contributed by atoms with Gasteiger partial charge in [0, 0.05) is 24.1 Å². The van der Waals surface area contributed by atoms with Crippen LogP contribution in [0.25, 0.3) is 0 Å². The molecule has 1 N–H and O–H groups in total. The number of Topliss-reactive ketones (excluding diaryl/α,β-unsaturated/α-hetero) is 1. The number of hydrogen-bond acceptors (Lipinski definition) is 2. The Hall–Kier alpha value is -1.22. The minimum Gasteiger partial charge on any atom is -0.350 e. The zero-order valence-electron chi connectivity index (χ0n) is 8.67. The molecular weight excluding hydrogens is 206 g/mol. The van der Waals surface area contributed by atoms with Crippen molar-refractivity contribution in [3.63, 3.8) is 0 Å². The number of ketones is 1. The number of hydrogen-bond donors (Lipinski definition) is 1. The van der Waals surface area contributed by atoms with Crippen LogP contribution in [0.4, 0.5) is 5.69 Å². The van der Waals surface area contributed by atoms with Gasteiger partial charge in [0.25, 0.3) is 0 Å². The number of fused-ring (bicyclic) bond motifs is 1. The second-order valence-electron chi connectivity index (χ2n) is 3.70. The fourth-order valence-corrected chi connectivity index (χ4v) is 1.97. The molecule has 0 saturated heterocycles. The van der Waals surface area contributed by atoms with Gasteiger partial charge in [-0.2, -0.15) is 0 Å². The molecule has 0 bridgehead atoms. The van der Waals surface area contributed by atoms with Crippen molar-refractivity contribution in [2.24, 2.45) is 0 Å². The highest BCUT2D eigenvalue weighted by Gasteiger charge is 2.13. The second kappa shape index (κ2) is 4.11. The highest BCUT2D eigenvalue weighted by molar-refractivity contribution is 7.80. The second-order valence-corrected chi connectivity index (χ2v) is 4.19. The molecule has 0 fully saturated rings. The minimum atomic E-state index is 0.200. The fraction of sp³-hybridized carbons (Fsp3) is 0.333. The molecule has 3 heteroatoms. The van der Waals surface area contributed by atoms with Crippen molar-refractivity contribution in [1.82, 2.24) is 0 Å². The number of anilines is 1. The third-order valence-corrected chi connectivity index (χ3v) is 2.95. The van der Waals surface area contributed by atoms with Gasteiger partial charge in [-0.25, -0.2) is 0 Å². The summed E-state index contributed by atoms with van der Waals surface area (Å²) in [7, 11) is 0. The molecule has 0 spiro atoms. The molecule has 0 amide bonds. The summed E-state index contributed by atoms with van der Waals surface area (Å²) >= 11 is 5.11. The highest BCUT2D eigenvalue weighted by atomic mass is 32.1. The summed E-state index contributed by atoms with van der Waals surface area (Å²) in [6.07, 6.45) is 2.38. The molecule has 0 unspecified atom stereocenters. The molecule has 1 aromatic rings. The summed E-state index contributed by atoms with van der Waals surface area (Å²) in [4.78, 5) is 12.4. The van der Waals surface area contributed by atoms with Crippen molar-refractivity contribution in [2.45, 2.75) is 26.2 Å². The third-order valence-electron chi connectivity index (χ3n) is 2.64. The first kappa shape index (κ1) is 10.3. The van der Waals surface area contributed by atoms with Crippen LogP contribution in [-0.2, 0) is 6.42 Å². The van der Waals surface area contributed by atoms with Crippen molar-refractivity contribution in [1.29, 1.82) is 0 Å². The van der Waals surface area contributed by atoms with Crippen LogP contribution in [0.15, 0.2) is 18.2 Å². The van der Waals surface area contributed by atoms with Gasteiger partial charge < -0.3 is 5.32 Å². The lowest BCUT2D eigenvalue weighted by molar-refractivity contribution is 0.0988. The first-order valence-electron chi connectivity index (χ1n) is 5.16.